The zero-order valence-corrected chi connectivity index (χ0v) is 7.76. The molecule has 0 aromatic rings. The van der Waals surface area contributed by atoms with Crippen molar-refractivity contribution in [3.05, 3.63) is 0 Å². The van der Waals surface area contributed by atoms with E-state index < -0.39 is 0 Å². The summed E-state index contributed by atoms with van der Waals surface area (Å²) in [4.78, 5) is 0. The summed E-state index contributed by atoms with van der Waals surface area (Å²) in [6, 6.07) is 2.12. The second-order valence-electron chi connectivity index (χ2n) is 3.53. The Morgan fingerprint density at radius 1 is 1.75 bits per heavy atom. The predicted molar refractivity (Wildman–Crippen MR) is 46.7 cm³/mol. The highest BCUT2D eigenvalue weighted by atomic mass is 16.5. The Hall–Kier alpha value is -0.590. The highest BCUT2D eigenvalue weighted by Crippen LogP contribution is 2.17. The van der Waals surface area contributed by atoms with E-state index in [1.807, 2.05) is 0 Å². The van der Waals surface area contributed by atoms with Crippen molar-refractivity contribution in [2.24, 2.45) is 0 Å². The quantitative estimate of drug-likeness (QED) is 0.636. The Morgan fingerprint density at radius 3 is 3.08 bits per heavy atom. The van der Waals surface area contributed by atoms with Crippen LogP contribution in [0.25, 0.3) is 0 Å². The van der Waals surface area contributed by atoms with Crippen LogP contribution in [0.2, 0.25) is 0 Å². The molecule has 1 aliphatic rings. The van der Waals surface area contributed by atoms with Crippen molar-refractivity contribution in [1.82, 2.24) is 5.32 Å². The van der Waals surface area contributed by atoms with Crippen LogP contribution in [-0.4, -0.2) is 24.8 Å². The van der Waals surface area contributed by atoms with Crippen LogP contribution in [0.15, 0.2) is 0 Å². The summed E-state index contributed by atoms with van der Waals surface area (Å²) < 4.78 is 5.33. The molecule has 1 rings (SSSR count). The van der Waals surface area contributed by atoms with E-state index >= 15 is 0 Å². The predicted octanol–water partition coefficient (Wildman–Crippen LogP) is 1.06. The molecule has 1 N–H and O–H groups in total. The van der Waals surface area contributed by atoms with Crippen molar-refractivity contribution in [2.45, 2.75) is 38.3 Å². The maximum absolute atomic E-state index is 8.64. The summed E-state index contributed by atoms with van der Waals surface area (Å²) in [7, 11) is 0. The molecule has 0 saturated carbocycles. The lowest BCUT2D eigenvalue weighted by molar-refractivity contribution is 0.102. The van der Waals surface area contributed by atoms with Crippen LogP contribution in [-0.2, 0) is 4.74 Å². The summed E-state index contributed by atoms with van der Waals surface area (Å²) in [5.74, 6) is 0. The van der Waals surface area contributed by atoms with Crippen molar-refractivity contribution in [1.29, 1.82) is 5.26 Å². The van der Waals surface area contributed by atoms with E-state index in [-0.39, 0.29) is 11.6 Å². The minimum Gasteiger partial charge on any atom is -0.362 e. The summed E-state index contributed by atoms with van der Waals surface area (Å²) in [5, 5.41) is 12.0. The number of nitrogens with one attached hydrogen (secondary N) is 1. The first-order valence-electron chi connectivity index (χ1n) is 4.46. The average Bonchev–Trinajstić information content (AvgIpc) is 2.28. The molecular formula is C9H16N2O. The van der Waals surface area contributed by atoms with Crippen molar-refractivity contribution >= 4 is 0 Å². The SMILES string of the molecule is CCC1(C)CCOC(C#N)CN1. The van der Waals surface area contributed by atoms with Crippen molar-refractivity contribution in [2.75, 3.05) is 13.2 Å². The molecule has 0 radical (unpaired) electrons. The van der Waals surface area contributed by atoms with Crippen LogP contribution in [0.5, 0.6) is 0 Å². The van der Waals surface area contributed by atoms with Crippen LogP contribution in [0.3, 0.4) is 0 Å². The van der Waals surface area contributed by atoms with E-state index in [4.69, 9.17) is 10.00 Å². The molecule has 0 bridgehead atoms. The minimum atomic E-state index is -0.265. The summed E-state index contributed by atoms with van der Waals surface area (Å²) in [6.07, 6.45) is 1.80. The Balaban J connectivity index is 2.50. The number of hydrogen-bond donors (Lipinski definition) is 1. The number of rotatable bonds is 1. The fourth-order valence-electron chi connectivity index (χ4n) is 1.30. The van der Waals surface area contributed by atoms with Gasteiger partial charge in [0.15, 0.2) is 6.10 Å². The Kier molecular flexibility index (Phi) is 3.07. The molecule has 0 aromatic heterocycles. The van der Waals surface area contributed by atoms with Gasteiger partial charge in [-0.3, -0.25) is 0 Å². The summed E-state index contributed by atoms with van der Waals surface area (Å²) in [6.45, 7) is 5.67. The molecule has 1 aliphatic heterocycles. The molecule has 0 aliphatic carbocycles. The summed E-state index contributed by atoms with van der Waals surface area (Å²) >= 11 is 0. The molecule has 0 aromatic carbocycles. The Morgan fingerprint density at radius 2 is 2.50 bits per heavy atom. The molecule has 12 heavy (non-hydrogen) atoms. The van der Waals surface area contributed by atoms with Gasteiger partial charge in [0.1, 0.15) is 0 Å². The fourth-order valence-corrected chi connectivity index (χ4v) is 1.30. The van der Waals surface area contributed by atoms with Crippen LogP contribution in [0, 0.1) is 11.3 Å². The Bertz CT molecular complexity index is 187. The van der Waals surface area contributed by atoms with Crippen LogP contribution >= 0.6 is 0 Å². The van der Waals surface area contributed by atoms with Gasteiger partial charge < -0.3 is 10.1 Å². The third-order valence-corrected chi connectivity index (χ3v) is 2.61. The van der Waals surface area contributed by atoms with Gasteiger partial charge in [-0.2, -0.15) is 5.26 Å². The van der Waals surface area contributed by atoms with Crippen LogP contribution in [0.4, 0.5) is 0 Å². The number of hydrogen-bond acceptors (Lipinski definition) is 3. The molecule has 0 amide bonds. The van der Waals surface area contributed by atoms with Gasteiger partial charge >= 0.3 is 0 Å². The largest absolute Gasteiger partial charge is 0.362 e. The smallest absolute Gasteiger partial charge is 0.156 e. The first-order chi connectivity index (χ1) is 5.70. The van der Waals surface area contributed by atoms with Gasteiger partial charge in [-0.25, -0.2) is 0 Å². The standard InChI is InChI=1S/C9H16N2O/c1-3-9(2)4-5-12-8(6-10)7-11-9/h8,11H,3-5,7H2,1-2H3. The van der Waals surface area contributed by atoms with E-state index in [0.29, 0.717) is 13.2 Å². The van der Waals surface area contributed by atoms with Crippen LogP contribution < -0.4 is 5.32 Å². The van der Waals surface area contributed by atoms with Gasteiger partial charge in [0.2, 0.25) is 0 Å². The number of nitriles is 1. The zero-order valence-electron chi connectivity index (χ0n) is 7.76. The molecule has 2 atom stereocenters. The first-order valence-corrected chi connectivity index (χ1v) is 4.46. The van der Waals surface area contributed by atoms with Gasteiger partial charge in [0, 0.05) is 12.1 Å². The highest BCUT2D eigenvalue weighted by Gasteiger charge is 2.26. The lowest BCUT2D eigenvalue weighted by atomic mass is 9.95. The average molecular weight is 168 g/mol. The number of nitrogens with zero attached hydrogens (tertiary/aromatic N) is 1. The molecule has 1 saturated heterocycles. The molecular weight excluding hydrogens is 152 g/mol. The maximum Gasteiger partial charge on any atom is 0.156 e. The van der Waals surface area contributed by atoms with E-state index in [1.54, 1.807) is 0 Å². The zero-order chi connectivity index (χ0) is 9.03. The highest BCUT2D eigenvalue weighted by molar-refractivity contribution is 4.92. The molecule has 3 heteroatoms. The molecule has 1 fully saturated rings. The summed E-state index contributed by atoms with van der Waals surface area (Å²) in [5.41, 5.74) is 0.158. The molecule has 2 unspecified atom stereocenters. The lowest BCUT2D eigenvalue weighted by Crippen LogP contribution is -2.43. The van der Waals surface area contributed by atoms with Crippen molar-refractivity contribution < 1.29 is 4.74 Å². The van der Waals surface area contributed by atoms with Gasteiger partial charge in [-0.1, -0.05) is 6.92 Å². The lowest BCUT2D eigenvalue weighted by Gasteiger charge is -2.26. The molecule has 3 nitrogen and oxygen atoms in total. The minimum absolute atomic E-state index is 0.158. The fraction of sp³-hybridized carbons (Fsp3) is 0.889. The first kappa shape index (κ1) is 9.50. The van der Waals surface area contributed by atoms with Gasteiger partial charge in [0.25, 0.3) is 0 Å². The molecule has 1 heterocycles. The van der Waals surface area contributed by atoms with Gasteiger partial charge in [0.05, 0.1) is 12.7 Å². The topological polar surface area (TPSA) is 45.0 Å². The normalized spacial score (nSPS) is 36.9. The second kappa shape index (κ2) is 3.88. The van der Waals surface area contributed by atoms with Gasteiger partial charge in [-0.05, 0) is 19.8 Å². The number of ether oxygens (including phenoxy) is 1. The van der Waals surface area contributed by atoms with Crippen molar-refractivity contribution in [3.8, 4) is 6.07 Å². The van der Waals surface area contributed by atoms with E-state index in [9.17, 15) is 0 Å². The van der Waals surface area contributed by atoms with E-state index in [1.165, 1.54) is 0 Å². The third-order valence-electron chi connectivity index (χ3n) is 2.61. The van der Waals surface area contributed by atoms with E-state index in [0.717, 1.165) is 12.8 Å². The molecule has 68 valence electrons. The van der Waals surface area contributed by atoms with E-state index in [2.05, 4.69) is 25.2 Å². The van der Waals surface area contributed by atoms with Crippen molar-refractivity contribution in [3.63, 3.8) is 0 Å². The van der Waals surface area contributed by atoms with Gasteiger partial charge in [-0.15, -0.1) is 0 Å². The molecule has 0 spiro atoms. The van der Waals surface area contributed by atoms with Crippen LogP contribution in [0.1, 0.15) is 26.7 Å². The monoisotopic (exact) mass is 168 g/mol. The maximum atomic E-state index is 8.64. The second-order valence-corrected chi connectivity index (χ2v) is 3.53. The third kappa shape index (κ3) is 2.20. The Labute approximate surface area is 73.7 Å².